The van der Waals surface area contributed by atoms with Crippen LogP contribution in [0, 0.1) is 0 Å². The lowest BCUT2D eigenvalue weighted by atomic mass is 10.2. The van der Waals surface area contributed by atoms with Crippen LogP contribution in [0.5, 0.6) is 5.75 Å². The van der Waals surface area contributed by atoms with Crippen LogP contribution in [0.25, 0.3) is 0 Å². The van der Waals surface area contributed by atoms with Crippen LogP contribution in [-0.4, -0.2) is 79.9 Å². The van der Waals surface area contributed by atoms with Gasteiger partial charge >= 0.3 is 0 Å². The predicted molar refractivity (Wildman–Crippen MR) is 117 cm³/mol. The number of rotatable bonds is 8. The molecule has 0 bridgehead atoms. The number of anilines is 1. The van der Waals surface area contributed by atoms with Crippen LogP contribution in [0.15, 0.2) is 54.6 Å². The number of nitrogens with one attached hydrogen (secondary N) is 1. The fourth-order valence-corrected chi connectivity index (χ4v) is 3.46. The van der Waals surface area contributed by atoms with E-state index in [2.05, 4.69) is 39.4 Å². The van der Waals surface area contributed by atoms with E-state index < -0.39 is 0 Å². The van der Waals surface area contributed by atoms with E-state index in [4.69, 9.17) is 4.74 Å². The lowest BCUT2D eigenvalue weighted by Gasteiger charge is -2.35. The van der Waals surface area contributed by atoms with Gasteiger partial charge in [-0.1, -0.05) is 36.4 Å². The zero-order valence-electron chi connectivity index (χ0n) is 17.7. The van der Waals surface area contributed by atoms with E-state index in [-0.39, 0.29) is 18.4 Å². The Balaban J connectivity index is 1.39. The average molecular weight is 411 g/mol. The number of carbonyl (C=O) groups is 2. The van der Waals surface area contributed by atoms with Crippen LogP contribution in [0.1, 0.15) is 5.56 Å². The van der Waals surface area contributed by atoms with Gasteiger partial charge in [-0.05, 0) is 17.7 Å². The summed E-state index contributed by atoms with van der Waals surface area (Å²) in [7, 11) is 3.24. The third-order valence-corrected chi connectivity index (χ3v) is 5.23. The standard InChI is InChI=1S/C23H30N4O3/c1-25(17-22(28)24-20-9-6-10-21(15-20)30-2)23(29)18-27-13-11-26(12-14-27)16-19-7-4-3-5-8-19/h3-10,15H,11-14,16-18H2,1-2H3,(H,24,28). The van der Waals surface area contributed by atoms with E-state index in [0.29, 0.717) is 18.0 Å². The maximum Gasteiger partial charge on any atom is 0.243 e. The van der Waals surface area contributed by atoms with E-state index in [1.165, 1.54) is 10.5 Å². The SMILES string of the molecule is COc1cccc(NC(=O)CN(C)C(=O)CN2CCN(Cc3ccccc3)CC2)c1. The van der Waals surface area contributed by atoms with Gasteiger partial charge in [0.05, 0.1) is 20.2 Å². The van der Waals surface area contributed by atoms with Crippen molar-refractivity contribution < 1.29 is 14.3 Å². The molecule has 7 heteroatoms. The van der Waals surface area contributed by atoms with E-state index in [9.17, 15) is 9.59 Å². The van der Waals surface area contributed by atoms with E-state index in [0.717, 1.165) is 32.7 Å². The minimum absolute atomic E-state index is 0.0179. The van der Waals surface area contributed by atoms with Crippen LogP contribution in [0.3, 0.4) is 0 Å². The van der Waals surface area contributed by atoms with Gasteiger partial charge in [0, 0.05) is 51.5 Å². The molecule has 0 unspecified atom stereocenters. The zero-order valence-corrected chi connectivity index (χ0v) is 17.7. The van der Waals surface area contributed by atoms with Gasteiger partial charge < -0.3 is 15.0 Å². The molecule has 0 saturated carbocycles. The molecule has 0 atom stereocenters. The van der Waals surface area contributed by atoms with E-state index in [1.54, 1.807) is 32.4 Å². The third-order valence-electron chi connectivity index (χ3n) is 5.23. The number of benzene rings is 2. The molecule has 1 N–H and O–H groups in total. The Morgan fingerprint density at radius 2 is 1.70 bits per heavy atom. The summed E-state index contributed by atoms with van der Waals surface area (Å²) >= 11 is 0. The van der Waals surface area contributed by atoms with E-state index >= 15 is 0 Å². The summed E-state index contributed by atoms with van der Waals surface area (Å²) in [5.41, 5.74) is 1.96. The smallest absolute Gasteiger partial charge is 0.243 e. The zero-order chi connectivity index (χ0) is 21.3. The van der Waals surface area contributed by atoms with Crippen molar-refractivity contribution in [1.82, 2.24) is 14.7 Å². The number of carbonyl (C=O) groups excluding carboxylic acids is 2. The second-order valence-corrected chi connectivity index (χ2v) is 7.57. The van der Waals surface area contributed by atoms with Crippen molar-refractivity contribution in [3.8, 4) is 5.75 Å². The van der Waals surface area contributed by atoms with Gasteiger partial charge in [-0.2, -0.15) is 0 Å². The van der Waals surface area contributed by atoms with Gasteiger partial charge in [-0.25, -0.2) is 0 Å². The molecule has 1 aliphatic heterocycles. The van der Waals surface area contributed by atoms with Crippen molar-refractivity contribution in [3.05, 3.63) is 60.2 Å². The van der Waals surface area contributed by atoms with Crippen LogP contribution < -0.4 is 10.1 Å². The summed E-state index contributed by atoms with van der Waals surface area (Å²) < 4.78 is 5.16. The van der Waals surface area contributed by atoms with Crippen molar-refractivity contribution in [2.45, 2.75) is 6.54 Å². The number of nitrogens with zero attached hydrogens (tertiary/aromatic N) is 3. The van der Waals surface area contributed by atoms with Gasteiger partial charge in [-0.15, -0.1) is 0 Å². The number of piperazine rings is 1. The Labute approximate surface area is 178 Å². The lowest BCUT2D eigenvalue weighted by Crippen LogP contribution is -2.49. The maximum atomic E-state index is 12.5. The third kappa shape index (κ3) is 6.57. The largest absolute Gasteiger partial charge is 0.497 e. The van der Waals surface area contributed by atoms with Gasteiger partial charge in [0.25, 0.3) is 0 Å². The van der Waals surface area contributed by atoms with Crippen molar-refractivity contribution in [1.29, 1.82) is 0 Å². The summed E-state index contributed by atoms with van der Waals surface area (Å²) in [6.45, 7) is 4.86. The first kappa shape index (κ1) is 21.8. The summed E-state index contributed by atoms with van der Waals surface area (Å²) in [5.74, 6) is 0.391. The quantitative estimate of drug-likeness (QED) is 0.720. The number of ether oxygens (including phenoxy) is 1. The van der Waals surface area contributed by atoms with Crippen LogP contribution in [0.4, 0.5) is 5.69 Å². The highest BCUT2D eigenvalue weighted by atomic mass is 16.5. The first-order valence-electron chi connectivity index (χ1n) is 10.2. The van der Waals surface area contributed by atoms with Crippen LogP contribution >= 0.6 is 0 Å². The summed E-state index contributed by atoms with van der Waals surface area (Å²) in [6, 6.07) is 17.6. The predicted octanol–water partition coefficient (Wildman–Crippen LogP) is 1.91. The molecule has 160 valence electrons. The van der Waals surface area contributed by atoms with Gasteiger partial charge in [0.15, 0.2) is 0 Å². The topological polar surface area (TPSA) is 65.1 Å². The Hall–Kier alpha value is -2.90. The minimum atomic E-state index is -0.230. The molecule has 1 heterocycles. The molecule has 0 aliphatic carbocycles. The van der Waals surface area contributed by atoms with Gasteiger partial charge in [0.2, 0.25) is 11.8 Å². The fourth-order valence-electron chi connectivity index (χ4n) is 3.46. The van der Waals surface area contributed by atoms with Crippen LogP contribution in [-0.2, 0) is 16.1 Å². The van der Waals surface area contributed by atoms with Crippen molar-refractivity contribution in [3.63, 3.8) is 0 Å². The molecule has 7 nitrogen and oxygen atoms in total. The fraction of sp³-hybridized carbons (Fsp3) is 0.391. The number of hydrogen-bond acceptors (Lipinski definition) is 5. The molecule has 1 fully saturated rings. The molecule has 2 aromatic carbocycles. The number of likely N-dealkylation sites (N-methyl/N-ethyl adjacent to an activating group) is 1. The van der Waals surface area contributed by atoms with Crippen molar-refractivity contribution in [2.24, 2.45) is 0 Å². The molecule has 0 aromatic heterocycles. The first-order valence-corrected chi connectivity index (χ1v) is 10.2. The second-order valence-electron chi connectivity index (χ2n) is 7.57. The molecular formula is C23H30N4O3. The average Bonchev–Trinajstić information content (AvgIpc) is 2.76. The summed E-state index contributed by atoms with van der Waals surface area (Å²) in [4.78, 5) is 30.8. The molecule has 1 aliphatic rings. The Kier molecular flexibility index (Phi) is 7.82. The molecule has 2 aromatic rings. The molecule has 30 heavy (non-hydrogen) atoms. The normalized spacial score (nSPS) is 14.9. The van der Waals surface area contributed by atoms with Crippen molar-refractivity contribution in [2.75, 3.05) is 58.7 Å². The minimum Gasteiger partial charge on any atom is -0.497 e. The monoisotopic (exact) mass is 410 g/mol. The number of amides is 2. The Morgan fingerprint density at radius 3 is 2.40 bits per heavy atom. The Bertz CT molecular complexity index is 835. The summed E-state index contributed by atoms with van der Waals surface area (Å²) in [5, 5.41) is 2.80. The lowest BCUT2D eigenvalue weighted by molar-refractivity contribution is -0.134. The maximum absolute atomic E-state index is 12.5. The van der Waals surface area contributed by atoms with E-state index in [1.807, 2.05) is 12.1 Å². The molecule has 1 saturated heterocycles. The second kappa shape index (κ2) is 10.8. The number of hydrogen-bond donors (Lipinski definition) is 1. The Morgan fingerprint density at radius 1 is 1.00 bits per heavy atom. The van der Waals surface area contributed by atoms with Crippen LogP contribution in [0.2, 0.25) is 0 Å². The first-order chi connectivity index (χ1) is 14.5. The molecule has 0 radical (unpaired) electrons. The van der Waals surface area contributed by atoms with Gasteiger partial charge in [-0.3, -0.25) is 19.4 Å². The molecular weight excluding hydrogens is 380 g/mol. The highest BCUT2D eigenvalue weighted by molar-refractivity contribution is 5.94. The van der Waals surface area contributed by atoms with Crippen molar-refractivity contribution >= 4 is 17.5 Å². The summed E-state index contributed by atoms with van der Waals surface area (Å²) in [6.07, 6.45) is 0. The number of methoxy groups -OCH3 is 1. The molecule has 3 rings (SSSR count). The molecule has 0 spiro atoms. The highest BCUT2D eigenvalue weighted by Crippen LogP contribution is 2.16. The highest BCUT2D eigenvalue weighted by Gasteiger charge is 2.21. The van der Waals surface area contributed by atoms with Gasteiger partial charge in [0.1, 0.15) is 5.75 Å². The molecule has 2 amide bonds.